The molecular formula is C14H16N4O2S. The molecule has 0 unspecified atom stereocenters. The van der Waals surface area contributed by atoms with Crippen LogP contribution in [-0.2, 0) is 6.42 Å². The van der Waals surface area contributed by atoms with Gasteiger partial charge >= 0.3 is 0 Å². The molecule has 110 valence electrons. The zero-order valence-corrected chi connectivity index (χ0v) is 12.2. The van der Waals surface area contributed by atoms with Gasteiger partial charge in [0.1, 0.15) is 4.88 Å². The molecule has 1 aliphatic heterocycles. The first-order chi connectivity index (χ1) is 10.1. The molecule has 1 aliphatic rings. The summed E-state index contributed by atoms with van der Waals surface area (Å²) in [6.07, 6.45) is 5.19. The fraction of sp³-hybridized carbons (Fsp3) is 0.357. The standard InChI is InChI=1S/C14H16N4O2S/c15-14-17-6-12(21-14)13(20)18-7-10(11(19)8-18)5-9-1-3-16-4-2-9/h1-4,6,10-11,19H,5,7-8H2,(H2,15,17)/t10-,11+/m1/s1. The number of aliphatic hydroxyl groups is 1. The first-order valence-electron chi connectivity index (χ1n) is 6.71. The van der Waals surface area contributed by atoms with Crippen molar-refractivity contribution >= 4 is 22.4 Å². The van der Waals surface area contributed by atoms with Gasteiger partial charge in [-0.25, -0.2) is 4.98 Å². The smallest absolute Gasteiger partial charge is 0.265 e. The lowest BCUT2D eigenvalue weighted by Gasteiger charge is -2.14. The highest BCUT2D eigenvalue weighted by molar-refractivity contribution is 7.17. The van der Waals surface area contributed by atoms with Crippen LogP contribution in [-0.4, -0.2) is 45.1 Å². The minimum Gasteiger partial charge on any atom is -0.391 e. The van der Waals surface area contributed by atoms with Crippen molar-refractivity contribution in [3.8, 4) is 0 Å². The monoisotopic (exact) mass is 304 g/mol. The third-order valence-electron chi connectivity index (χ3n) is 3.68. The maximum Gasteiger partial charge on any atom is 0.265 e. The second-order valence-corrected chi connectivity index (χ2v) is 6.22. The molecule has 3 N–H and O–H groups in total. The van der Waals surface area contributed by atoms with Gasteiger partial charge in [0.25, 0.3) is 5.91 Å². The number of anilines is 1. The van der Waals surface area contributed by atoms with Gasteiger partial charge in [-0.15, -0.1) is 0 Å². The second kappa shape index (κ2) is 5.79. The summed E-state index contributed by atoms with van der Waals surface area (Å²) in [5.74, 6) is -0.0675. The number of nitrogens with zero attached hydrogens (tertiary/aromatic N) is 3. The number of pyridine rings is 1. The molecule has 0 aliphatic carbocycles. The Labute approximate surface area is 126 Å². The van der Waals surface area contributed by atoms with E-state index in [0.29, 0.717) is 23.1 Å². The number of hydrogen-bond acceptors (Lipinski definition) is 6. The molecule has 2 aromatic heterocycles. The quantitative estimate of drug-likeness (QED) is 0.875. The molecule has 0 radical (unpaired) electrons. The van der Waals surface area contributed by atoms with Gasteiger partial charge in [-0.1, -0.05) is 11.3 Å². The van der Waals surface area contributed by atoms with Crippen molar-refractivity contribution < 1.29 is 9.90 Å². The lowest BCUT2D eigenvalue weighted by atomic mass is 9.97. The summed E-state index contributed by atoms with van der Waals surface area (Å²) in [6.45, 7) is 0.895. The van der Waals surface area contributed by atoms with Crippen molar-refractivity contribution in [2.24, 2.45) is 5.92 Å². The Balaban J connectivity index is 1.67. The minimum absolute atomic E-state index is 0.0432. The van der Waals surface area contributed by atoms with Crippen LogP contribution < -0.4 is 5.73 Å². The van der Waals surface area contributed by atoms with Crippen LogP contribution in [0.2, 0.25) is 0 Å². The molecule has 2 atom stereocenters. The molecule has 3 heterocycles. The molecule has 7 heteroatoms. The van der Waals surface area contributed by atoms with E-state index in [1.165, 1.54) is 17.5 Å². The van der Waals surface area contributed by atoms with Crippen molar-refractivity contribution in [3.63, 3.8) is 0 Å². The predicted octanol–water partition coefficient (Wildman–Crippen LogP) is 0.796. The van der Waals surface area contributed by atoms with E-state index in [2.05, 4.69) is 9.97 Å². The number of likely N-dealkylation sites (tertiary alicyclic amines) is 1. The first kappa shape index (κ1) is 14.0. The number of hydrogen-bond donors (Lipinski definition) is 2. The number of carbonyl (C=O) groups is 1. The van der Waals surface area contributed by atoms with Crippen molar-refractivity contribution in [3.05, 3.63) is 41.2 Å². The van der Waals surface area contributed by atoms with Gasteiger partial charge in [0.15, 0.2) is 5.13 Å². The highest BCUT2D eigenvalue weighted by atomic mass is 32.1. The average molecular weight is 304 g/mol. The lowest BCUT2D eigenvalue weighted by Crippen LogP contribution is -2.28. The van der Waals surface area contributed by atoms with Gasteiger partial charge in [0.05, 0.1) is 12.3 Å². The zero-order valence-electron chi connectivity index (χ0n) is 11.3. The maximum absolute atomic E-state index is 12.3. The van der Waals surface area contributed by atoms with Crippen LogP contribution in [0.1, 0.15) is 15.2 Å². The van der Waals surface area contributed by atoms with Gasteiger partial charge in [-0.05, 0) is 24.1 Å². The SMILES string of the molecule is Nc1ncc(C(=O)N2C[C@@H](Cc3ccncc3)[C@@H](O)C2)s1. The molecule has 1 fully saturated rings. The molecular weight excluding hydrogens is 288 g/mol. The number of carbonyl (C=O) groups excluding carboxylic acids is 1. The van der Waals surface area contributed by atoms with Crippen molar-refractivity contribution in [1.29, 1.82) is 0 Å². The van der Waals surface area contributed by atoms with Crippen LogP contribution in [0, 0.1) is 5.92 Å². The van der Waals surface area contributed by atoms with E-state index in [-0.39, 0.29) is 11.8 Å². The van der Waals surface area contributed by atoms with Crippen LogP contribution in [0.25, 0.3) is 0 Å². The number of amides is 1. The van der Waals surface area contributed by atoms with E-state index < -0.39 is 6.10 Å². The Hall–Kier alpha value is -1.99. The predicted molar refractivity (Wildman–Crippen MR) is 79.9 cm³/mol. The molecule has 0 saturated carbocycles. The number of β-amino-alcohol motifs (C(OH)–C–C–N with tert-alkyl or cyclic N) is 1. The van der Waals surface area contributed by atoms with Crippen molar-refractivity contribution in [1.82, 2.24) is 14.9 Å². The Morgan fingerprint density at radius 1 is 1.43 bits per heavy atom. The molecule has 0 spiro atoms. The van der Waals surface area contributed by atoms with Gasteiger partial charge < -0.3 is 15.7 Å². The summed E-state index contributed by atoms with van der Waals surface area (Å²) in [6, 6.07) is 3.86. The van der Waals surface area contributed by atoms with Gasteiger partial charge in [0.2, 0.25) is 0 Å². The zero-order chi connectivity index (χ0) is 14.8. The molecule has 1 amide bonds. The van der Waals surface area contributed by atoms with Gasteiger partial charge in [0, 0.05) is 31.4 Å². The Kier molecular flexibility index (Phi) is 3.85. The summed E-state index contributed by atoms with van der Waals surface area (Å²) in [5.41, 5.74) is 6.67. The second-order valence-electron chi connectivity index (χ2n) is 5.16. The topological polar surface area (TPSA) is 92.3 Å². The molecule has 2 aromatic rings. The van der Waals surface area contributed by atoms with Crippen LogP contribution in [0.4, 0.5) is 5.13 Å². The first-order valence-corrected chi connectivity index (χ1v) is 7.52. The largest absolute Gasteiger partial charge is 0.391 e. The lowest BCUT2D eigenvalue weighted by molar-refractivity contribution is 0.0769. The van der Waals surface area contributed by atoms with E-state index in [1.807, 2.05) is 12.1 Å². The van der Waals surface area contributed by atoms with Gasteiger partial charge in [-0.3, -0.25) is 9.78 Å². The molecule has 0 aromatic carbocycles. The molecule has 3 rings (SSSR count). The van der Waals surface area contributed by atoms with Crippen LogP contribution >= 0.6 is 11.3 Å². The Morgan fingerprint density at radius 2 is 2.19 bits per heavy atom. The van der Waals surface area contributed by atoms with E-state index in [1.54, 1.807) is 17.3 Å². The molecule has 6 nitrogen and oxygen atoms in total. The summed E-state index contributed by atoms with van der Waals surface area (Å²) >= 11 is 1.17. The number of rotatable bonds is 3. The number of thiazole rings is 1. The third-order valence-corrected chi connectivity index (χ3v) is 4.49. The summed E-state index contributed by atoms with van der Waals surface area (Å²) in [7, 11) is 0. The number of nitrogens with two attached hydrogens (primary N) is 1. The average Bonchev–Trinajstić information content (AvgIpc) is 3.06. The van der Waals surface area contributed by atoms with Gasteiger partial charge in [-0.2, -0.15) is 0 Å². The number of nitrogen functional groups attached to an aromatic ring is 1. The molecule has 0 bridgehead atoms. The number of aromatic nitrogens is 2. The van der Waals surface area contributed by atoms with Crippen LogP contribution in [0.15, 0.2) is 30.7 Å². The summed E-state index contributed by atoms with van der Waals surface area (Å²) < 4.78 is 0. The molecule has 1 saturated heterocycles. The molecule has 21 heavy (non-hydrogen) atoms. The summed E-state index contributed by atoms with van der Waals surface area (Å²) in [5, 5.41) is 10.6. The Bertz CT molecular complexity index is 631. The fourth-order valence-electron chi connectivity index (χ4n) is 2.58. The van der Waals surface area contributed by atoms with Crippen LogP contribution in [0.5, 0.6) is 0 Å². The fourth-order valence-corrected chi connectivity index (χ4v) is 3.24. The van der Waals surface area contributed by atoms with E-state index in [0.717, 1.165) is 12.0 Å². The van der Waals surface area contributed by atoms with Crippen LogP contribution in [0.3, 0.4) is 0 Å². The van der Waals surface area contributed by atoms with E-state index in [9.17, 15) is 9.90 Å². The highest BCUT2D eigenvalue weighted by Gasteiger charge is 2.34. The number of aliphatic hydroxyl groups excluding tert-OH is 1. The van der Waals surface area contributed by atoms with Crippen molar-refractivity contribution in [2.75, 3.05) is 18.8 Å². The van der Waals surface area contributed by atoms with Crippen molar-refractivity contribution in [2.45, 2.75) is 12.5 Å². The third kappa shape index (κ3) is 3.03. The Morgan fingerprint density at radius 3 is 2.86 bits per heavy atom. The minimum atomic E-state index is -0.507. The highest BCUT2D eigenvalue weighted by Crippen LogP contribution is 2.25. The van der Waals surface area contributed by atoms with E-state index >= 15 is 0 Å². The maximum atomic E-state index is 12.3. The van der Waals surface area contributed by atoms with E-state index in [4.69, 9.17) is 5.73 Å². The summed E-state index contributed by atoms with van der Waals surface area (Å²) in [4.78, 5) is 22.4. The normalized spacial score (nSPS) is 21.7.